The minimum Gasteiger partial charge on any atom is -0.463 e. The predicted octanol–water partition coefficient (Wildman–Crippen LogP) is 4.70. The van der Waals surface area contributed by atoms with Gasteiger partial charge in [-0.3, -0.25) is 0 Å². The van der Waals surface area contributed by atoms with Crippen LogP contribution in [0.4, 0.5) is 0 Å². The Labute approximate surface area is 136 Å². The van der Waals surface area contributed by atoms with Crippen molar-refractivity contribution in [2.45, 2.75) is 0 Å². The molecule has 0 aromatic heterocycles. The van der Waals surface area contributed by atoms with Crippen LogP contribution in [0, 0.1) is 0 Å². The van der Waals surface area contributed by atoms with E-state index in [9.17, 15) is 4.79 Å². The van der Waals surface area contributed by atoms with E-state index in [2.05, 4.69) is 15.9 Å². The van der Waals surface area contributed by atoms with Crippen LogP contribution in [0.15, 0.2) is 58.8 Å². The van der Waals surface area contributed by atoms with Crippen molar-refractivity contribution < 1.29 is 14.3 Å². The van der Waals surface area contributed by atoms with Gasteiger partial charge in [-0.05, 0) is 48.0 Å². The average Bonchev–Trinajstić information content (AvgIpc) is 2.50. The van der Waals surface area contributed by atoms with Gasteiger partial charge in [0.15, 0.2) is 0 Å². The van der Waals surface area contributed by atoms with Gasteiger partial charge in [0.25, 0.3) is 0 Å². The van der Waals surface area contributed by atoms with Crippen LogP contribution in [0.2, 0.25) is 5.02 Å². The molecular weight excluding hydrogens is 356 g/mol. The van der Waals surface area contributed by atoms with Crippen molar-refractivity contribution in [3.05, 3.63) is 69.3 Å². The maximum absolute atomic E-state index is 11.8. The van der Waals surface area contributed by atoms with E-state index in [-0.39, 0.29) is 5.76 Å². The normalized spacial score (nSPS) is 11.1. The summed E-state index contributed by atoms with van der Waals surface area (Å²) in [5, 5.41) is 0.596. The van der Waals surface area contributed by atoms with E-state index in [1.165, 1.54) is 7.11 Å². The van der Waals surface area contributed by atoms with Gasteiger partial charge in [-0.2, -0.15) is 0 Å². The Morgan fingerprint density at radius 1 is 1.10 bits per heavy atom. The van der Waals surface area contributed by atoms with Crippen LogP contribution >= 0.6 is 27.5 Å². The lowest BCUT2D eigenvalue weighted by atomic mass is 10.2. The summed E-state index contributed by atoms with van der Waals surface area (Å²) in [5.41, 5.74) is 0.826. The Balaban J connectivity index is 2.27. The molecule has 2 aromatic carbocycles. The fourth-order valence-corrected chi connectivity index (χ4v) is 1.96. The van der Waals surface area contributed by atoms with Crippen molar-refractivity contribution >= 4 is 39.6 Å². The molecule has 0 saturated heterocycles. The molecule has 0 bridgehead atoms. The van der Waals surface area contributed by atoms with Crippen LogP contribution in [-0.2, 0) is 9.53 Å². The summed E-state index contributed by atoms with van der Waals surface area (Å²) in [6.07, 6.45) is 1.62. The number of hydrogen-bond donors (Lipinski definition) is 0. The van der Waals surface area contributed by atoms with Gasteiger partial charge >= 0.3 is 5.97 Å². The van der Waals surface area contributed by atoms with Gasteiger partial charge in [-0.25, -0.2) is 4.79 Å². The van der Waals surface area contributed by atoms with Gasteiger partial charge in [0.1, 0.15) is 5.75 Å². The first kappa shape index (κ1) is 15.6. The van der Waals surface area contributed by atoms with E-state index < -0.39 is 5.97 Å². The van der Waals surface area contributed by atoms with Gasteiger partial charge in [-0.15, -0.1) is 0 Å². The van der Waals surface area contributed by atoms with Crippen LogP contribution < -0.4 is 4.74 Å². The quantitative estimate of drug-likeness (QED) is 0.446. The van der Waals surface area contributed by atoms with Crippen LogP contribution in [-0.4, -0.2) is 13.1 Å². The first-order valence-electron chi connectivity index (χ1n) is 6.07. The van der Waals surface area contributed by atoms with E-state index >= 15 is 0 Å². The van der Waals surface area contributed by atoms with Crippen molar-refractivity contribution in [1.29, 1.82) is 0 Å². The maximum Gasteiger partial charge on any atom is 0.373 e. The SMILES string of the molecule is COC(=O)/C(=C/c1ccc(Br)cc1)Oc1ccc(Cl)cc1. The zero-order valence-corrected chi connectivity index (χ0v) is 13.5. The molecule has 2 rings (SSSR count). The molecule has 0 radical (unpaired) electrons. The zero-order valence-electron chi connectivity index (χ0n) is 11.2. The van der Waals surface area contributed by atoms with E-state index in [4.69, 9.17) is 21.1 Å². The molecule has 3 nitrogen and oxygen atoms in total. The van der Waals surface area contributed by atoms with Crippen LogP contribution in [0.3, 0.4) is 0 Å². The summed E-state index contributed by atoms with van der Waals surface area (Å²) in [5.74, 6) is 0.0585. The maximum atomic E-state index is 11.8. The molecule has 108 valence electrons. The highest BCUT2D eigenvalue weighted by molar-refractivity contribution is 9.10. The molecule has 0 fully saturated rings. The van der Waals surface area contributed by atoms with Gasteiger partial charge in [0, 0.05) is 9.50 Å². The first-order valence-corrected chi connectivity index (χ1v) is 7.24. The largest absolute Gasteiger partial charge is 0.463 e. The third-order valence-electron chi connectivity index (χ3n) is 2.60. The van der Waals surface area contributed by atoms with E-state index in [1.54, 1.807) is 30.3 Å². The molecule has 0 amide bonds. The number of esters is 1. The highest BCUT2D eigenvalue weighted by atomic mass is 79.9. The van der Waals surface area contributed by atoms with Crippen LogP contribution in [0.5, 0.6) is 5.75 Å². The number of ether oxygens (including phenoxy) is 2. The predicted molar refractivity (Wildman–Crippen MR) is 86.2 cm³/mol. The standard InChI is InChI=1S/C16H12BrClO3/c1-20-16(19)15(10-11-2-4-12(17)5-3-11)21-14-8-6-13(18)7-9-14/h2-10H,1H3/b15-10-. The van der Waals surface area contributed by atoms with Crippen molar-refractivity contribution in [2.75, 3.05) is 7.11 Å². The molecule has 0 atom stereocenters. The number of benzene rings is 2. The topological polar surface area (TPSA) is 35.5 Å². The Morgan fingerprint density at radius 2 is 1.71 bits per heavy atom. The van der Waals surface area contributed by atoms with Crippen molar-refractivity contribution in [3.8, 4) is 5.75 Å². The molecule has 0 N–H and O–H groups in total. The molecule has 0 aliphatic carbocycles. The van der Waals surface area contributed by atoms with E-state index in [0.717, 1.165) is 10.0 Å². The molecule has 0 unspecified atom stereocenters. The fraction of sp³-hybridized carbons (Fsp3) is 0.0625. The second kappa shape index (κ2) is 7.29. The summed E-state index contributed by atoms with van der Waals surface area (Å²) in [6.45, 7) is 0. The number of carbonyl (C=O) groups is 1. The monoisotopic (exact) mass is 366 g/mol. The zero-order chi connectivity index (χ0) is 15.2. The molecule has 0 aliphatic rings. The van der Waals surface area contributed by atoms with Gasteiger partial charge in [0.2, 0.25) is 5.76 Å². The summed E-state index contributed by atoms with van der Waals surface area (Å²) < 4.78 is 11.3. The van der Waals surface area contributed by atoms with Crippen LogP contribution in [0.25, 0.3) is 6.08 Å². The fourth-order valence-electron chi connectivity index (χ4n) is 1.57. The second-order valence-corrected chi connectivity index (χ2v) is 5.46. The second-order valence-electron chi connectivity index (χ2n) is 4.11. The Hall–Kier alpha value is -1.78. The summed E-state index contributed by atoms with van der Waals surface area (Å²) in [7, 11) is 1.31. The lowest BCUT2D eigenvalue weighted by molar-refractivity contribution is -0.138. The molecule has 5 heteroatoms. The third kappa shape index (κ3) is 4.62. The number of halogens is 2. The number of rotatable bonds is 4. The molecule has 21 heavy (non-hydrogen) atoms. The van der Waals surface area contributed by atoms with Crippen LogP contribution in [0.1, 0.15) is 5.56 Å². The highest BCUT2D eigenvalue weighted by Crippen LogP contribution is 2.20. The van der Waals surface area contributed by atoms with Gasteiger partial charge < -0.3 is 9.47 Å². The lowest BCUT2D eigenvalue weighted by Gasteiger charge is -2.08. The summed E-state index contributed by atoms with van der Waals surface area (Å²) in [6, 6.07) is 14.2. The van der Waals surface area contributed by atoms with Crippen molar-refractivity contribution in [2.24, 2.45) is 0 Å². The number of hydrogen-bond acceptors (Lipinski definition) is 3. The van der Waals surface area contributed by atoms with Gasteiger partial charge in [-0.1, -0.05) is 39.7 Å². The van der Waals surface area contributed by atoms with Gasteiger partial charge in [0.05, 0.1) is 7.11 Å². The van der Waals surface area contributed by atoms with E-state index in [1.807, 2.05) is 24.3 Å². The van der Waals surface area contributed by atoms with Crippen molar-refractivity contribution in [1.82, 2.24) is 0 Å². The molecule has 0 heterocycles. The molecular formula is C16H12BrClO3. The smallest absolute Gasteiger partial charge is 0.373 e. The molecule has 0 aliphatic heterocycles. The number of methoxy groups -OCH3 is 1. The average molecular weight is 368 g/mol. The van der Waals surface area contributed by atoms with Crippen molar-refractivity contribution in [3.63, 3.8) is 0 Å². The number of carbonyl (C=O) groups excluding carboxylic acids is 1. The Morgan fingerprint density at radius 3 is 2.29 bits per heavy atom. The van der Waals surface area contributed by atoms with E-state index in [0.29, 0.717) is 10.8 Å². The first-order chi connectivity index (χ1) is 10.1. The summed E-state index contributed by atoms with van der Waals surface area (Å²) >= 11 is 9.18. The molecule has 0 spiro atoms. The molecule has 2 aromatic rings. The highest BCUT2D eigenvalue weighted by Gasteiger charge is 2.12. The lowest BCUT2D eigenvalue weighted by Crippen LogP contribution is -2.10. The third-order valence-corrected chi connectivity index (χ3v) is 3.38. The Bertz CT molecular complexity index is 648. The molecule has 0 saturated carbocycles. The minimum atomic E-state index is -0.548. The summed E-state index contributed by atoms with van der Waals surface area (Å²) in [4.78, 5) is 11.8. The minimum absolute atomic E-state index is 0.0992. The Kier molecular flexibility index (Phi) is 5.42.